The molecule has 1 aromatic carbocycles. The Morgan fingerprint density at radius 2 is 2.03 bits per heavy atom. The van der Waals surface area contributed by atoms with Crippen LogP contribution in [0.5, 0.6) is 0 Å². The molecule has 0 saturated carbocycles. The van der Waals surface area contributed by atoms with Crippen LogP contribution in [-0.4, -0.2) is 35.0 Å². The van der Waals surface area contributed by atoms with Crippen LogP contribution in [0.3, 0.4) is 0 Å². The van der Waals surface area contributed by atoms with E-state index in [1.807, 2.05) is 31.4 Å². The molecule has 0 radical (unpaired) electrons. The molecule has 1 aliphatic heterocycles. The number of halogens is 1. The van der Waals surface area contributed by atoms with Gasteiger partial charge in [-0.05, 0) is 55.3 Å². The summed E-state index contributed by atoms with van der Waals surface area (Å²) in [5, 5.41) is 3.19. The highest BCUT2D eigenvalue weighted by atomic mass is 19.1. The Morgan fingerprint density at radius 3 is 2.90 bits per heavy atom. The van der Waals surface area contributed by atoms with Gasteiger partial charge in [0.25, 0.3) is 0 Å². The molecule has 0 unspecified atom stereocenters. The SMILES string of the molecule is CNc1ncccc1CN1CCC[C@H](c2cccc(Cc3cccc(F)c3)n2)C1. The second-order valence-corrected chi connectivity index (χ2v) is 7.70. The van der Waals surface area contributed by atoms with E-state index in [2.05, 4.69) is 33.4 Å². The molecule has 5 heteroatoms. The predicted octanol–water partition coefficient (Wildman–Crippen LogP) is 4.63. The molecule has 0 spiro atoms. The fraction of sp³-hybridized carbons (Fsp3) is 0.333. The maximum Gasteiger partial charge on any atom is 0.130 e. The van der Waals surface area contributed by atoms with Crippen molar-refractivity contribution in [3.05, 3.63) is 89.1 Å². The molecule has 3 aromatic rings. The Labute approximate surface area is 171 Å². The third kappa shape index (κ3) is 4.98. The summed E-state index contributed by atoms with van der Waals surface area (Å²) in [4.78, 5) is 11.8. The zero-order chi connectivity index (χ0) is 20.1. The lowest BCUT2D eigenvalue weighted by atomic mass is 9.93. The zero-order valence-corrected chi connectivity index (χ0v) is 16.8. The van der Waals surface area contributed by atoms with Gasteiger partial charge in [0.15, 0.2) is 0 Å². The molecule has 3 heterocycles. The number of aromatic nitrogens is 2. The van der Waals surface area contributed by atoms with Crippen molar-refractivity contribution in [2.24, 2.45) is 0 Å². The van der Waals surface area contributed by atoms with Gasteiger partial charge in [0.2, 0.25) is 0 Å². The van der Waals surface area contributed by atoms with Crippen LogP contribution in [-0.2, 0) is 13.0 Å². The molecule has 1 fully saturated rings. The molecule has 29 heavy (non-hydrogen) atoms. The van der Waals surface area contributed by atoms with Crippen molar-refractivity contribution in [3.8, 4) is 0 Å². The molecular formula is C24H27FN4. The maximum atomic E-state index is 13.5. The van der Waals surface area contributed by atoms with E-state index >= 15 is 0 Å². The monoisotopic (exact) mass is 390 g/mol. The highest BCUT2D eigenvalue weighted by molar-refractivity contribution is 5.42. The Balaban J connectivity index is 1.45. The molecule has 2 aromatic heterocycles. The second-order valence-electron chi connectivity index (χ2n) is 7.70. The van der Waals surface area contributed by atoms with Crippen LogP contribution in [0.1, 0.15) is 41.3 Å². The first kappa shape index (κ1) is 19.5. The van der Waals surface area contributed by atoms with E-state index in [-0.39, 0.29) is 5.82 Å². The van der Waals surface area contributed by atoms with E-state index < -0.39 is 0 Å². The molecule has 1 N–H and O–H groups in total. The number of anilines is 1. The third-order valence-electron chi connectivity index (χ3n) is 5.55. The van der Waals surface area contributed by atoms with E-state index in [1.165, 1.54) is 11.6 Å². The number of nitrogens with one attached hydrogen (secondary N) is 1. The van der Waals surface area contributed by atoms with E-state index in [0.29, 0.717) is 12.3 Å². The minimum Gasteiger partial charge on any atom is -0.373 e. The number of hydrogen-bond acceptors (Lipinski definition) is 4. The van der Waals surface area contributed by atoms with Gasteiger partial charge >= 0.3 is 0 Å². The van der Waals surface area contributed by atoms with E-state index in [9.17, 15) is 4.39 Å². The fourth-order valence-electron chi connectivity index (χ4n) is 4.15. The topological polar surface area (TPSA) is 41.1 Å². The average molecular weight is 391 g/mol. The van der Waals surface area contributed by atoms with Gasteiger partial charge < -0.3 is 5.32 Å². The summed E-state index contributed by atoms with van der Waals surface area (Å²) >= 11 is 0. The van der Waals surface area contributed by atoms with Gasteiger partial charge in [-0.1, -0.05) is 24.3 Å². The minimum absolute atomic E-state index is 0.196. The molecular weight excluding hydrogens is 363 g/mol. The van der Waals surface area contributed by atoms with Crippen molar-refractivity contribution in [2.75, 3.05) is 25.5 Å². The van der Waals surface area contributed by atoms with Gasteiger partial charge in [-0.25, -0.2) is 9.37 Å². The average Bonchev–Trinajstić information content (AvgIpc) is 2.75. The Morgan fingerprint density at radius 1 is 1.14 bits per heavy atom. The van der Waals surface area contributed by atoms with Crippen molar-refractivity contribution in [1.82, 2.24) is 14.9 Å². The van der Waals surface area contributed by atoms with Crippen LogP contribution in [0.2, 0.25) is 0 Å². The summed E-state index contributed by atoms with van der Waals surface area (Å²) in [5.41, 5.74) is 4.32. The maximum absolute atomic E-state index is 13.5. The van der Waals surface area contributed by atoms with Crippen LogP contribution in [0.25, 0.3) is 0 Å². The normalized spacial score (nSPS) is 17.2. The van der Waals surface area contributed by atoms with E-state index in [1.54, 1.807) is 12.1 Å². The van der Waals surface area contributed by atoms with Crippen molar-refractivity contribution in [1.29, 1.82) is 0 Å². The minimum atomic E-state index is -0.196. The molecule has 0 amide bonds. The quantitative estimate of drug-likeness (QED) is 0.666. The van der Waals surface area contributed by atoms with Crippen molar-refractivity contribution >= 4 is 5.82 Å². The standard InChI is InChI=1S/C24H27FN4/c1-26-24-20(7-4-12-27-24)17-29-13-5-8-19(16-29)23-11-3-10-22(28-23)15-18-6-2-9-21(25)14-18/h2-4,6-7,9-12,14,19H,5,8,13,15-17H2,1H3,(H,26,27)/t19-/m0/s1. The number of hydrogen-bond donors (Lipinski definition) is 1. The second kappa shape index (κ2) is 9.14. The van der Waals surface area contributed by atoms with E-state index in [4.69, 9.17) is 4.98 Å². The smallest absolute Gasteiger partial charge is 0.130 e. The van der Waals surface area contributed by atoms with Crippen LogP contribution in [0.4, 0.5) is 10.2 Å². The molecule has 1 atom stereocenters. The Hall–Kier alpha value is -2.79. The number of benzene rings is 1. The van der Waals surface area contributed by atoms with E-state index in [0.717, 1.165) is 55.2 Å². The molecule has 0 aliphatic carbocycles. The van der Waals surface area contributed by atoms with Gasteiger partial charge in [0.05, 0.1) is 0 Å². The van der Waals surface area contributed by atoms with Crippen molar-refractivity contribution in [2.45, 2.75) is 31.7 Å². The van der Waals surface area contributed by atoms with Gasteiger partial charge in [-0.3, -0.25) is 9.88 Å². The van der Waals surface area contributed by atoms with Gasteiger partial charge in [0.1, 0.15) is 11.6 Å². The molecule has 150 valence electrons. The highest BCUT2D eigenvalue weighted by Gasteiger charge is 2.23. The van der Waals surface area contributed by atoms with Crippen LogP contribution in [0, 0.1) is 5.82 Å². The van der Waals surface area contributed by atoms with Crippen molar-refractivity contribution < 1.29 is 4.39 Å². The summed E-state index contributed by atoms with van der Waals surface area (Å²) in [6.07, 6.45) is 4.79. The van der Waals surface area contributed by atoms with Gasteiger partial charge in [-0.15, -0.1) is 0 Å². The Kier molecular flexibility index (Phi) is 6.15. The predicted molar refractivity (Wildman–Crippen MR) is 114 cm³/mol. The molecule has 0 bridgehead atoms. The lowest BCUT2D eigenvalue weighted by Gasteiger charge is -2.33. The zero-order valence-electron chi connectivity index (χ0n) is 16.8. The van der Waals surface area contributed by atoms with Crippen LogP contribution >= 0.6 is 0 Å². The van der Waals surface area contributed by atoms with Crippen LogP contribution < -0.4 is 5.32 Å². The fourth-order valence-corrected chi connectivity index (χ4v) is 4.15. The van der Waals surface area contributed by atoms with Crippen LogP contribution in [0.15, 0.2) is 60.8 Å². The van der Waals surface area contributed by atoms with Gasteiger partial charge in [0, 0.05) is 55.6 Å². The first-order valence-corrected chi connectivity index (χ1v) is 10.3. The summed E-state index contributed by atoms with van der Waals surface area (Å²) < 4.78 is 13.5. The summed E-state index contributed by atoms with van der Waals surface area (Å²) in [6.45, 7) is 2.98. The first-order chi connectivity index (χ1) is 14.2. The Bertz CT molecular complexity index is 959. The first-order valence-electron chi connectivity index (χ1n) is 10.3. The molecule has 4 nitrogen and oxygen atoms in total. The van der Waals surface area contributed by atoms with Gasteiger partial charge in [-0.2, -0.15) is 0 Å². The van der Waals surface area contributed by atoms with Crippen molar-refractivity contribution in [3.63, 3.8) is 0 Å². The number of nitrogens with zero attached hydrogens (tertiary/aromatic N) is 3. The number of rotatable bonds is 6. The molecule has 1 saturated heterocycles. The number of likely N-dealkylation sites (tertiary alicyclic amines) is 1. The summed E-state index contributed by atoms with van der Waals surface area (Å²) in [6, 6.07) is 17.1. The lowest BCUT2D eigenvalue weighted by Crippen LogP contribution is -2.34. The number of piperidine rings is 1. The third-order valence-corrected chi connectivity index (χ3v) is 5.55. The molecule has 4 rings (SSSR count). The highest BCUT2D eigenvalue weighted by Crippen LogP contribution is 2.28. The number of pyridine rings is 2. The summed E-state index contributed by atoms with van der Waals surface area (Å²) in [5.74, 6) is 1.17. The summed E-state index contributed by atoms with van der Waals surface area (Å²) in [7, 11) is 1.92. The lowest BCUT2D eigenvalue weighted by molar-refractivity contribution is 0.198. The largest absolute Gasteiger partial charge is 0.373 e. The molecule has 1 aliphatic rings.